The zero-order chi connectivity index (χ0) is 12.1. The predicted molar refractivity (Wildman–Crippen MR) is 66.5 cm³/mol. The molecule has 88 valence electrons. The molecule has 0 spiro atoms. The molecule has 0 aromatic heterocycles. The predicted octanol–water partition coefficient (Wildman–Crippen LogP) is 2.13. The number of carbonyl (C=O) groups is 1. The monoisotopic (exact) mass is 240 g/mol. The van der Waals surface area contributed by atoms with Crippen molar-refractivity contribution in [2.75, 3.05) is 7.05 Å². The lowest BCUT2D eigenvalue weighted by Gasteiger charge is -2.19. The number of benzene rings is 1. The molecule has 0 aliphatic carbocycles. The molecule has 1 rings (SSSR count). The second-order valence-electron chi connectivity index (χ2n) is 3.78. The molecule has 1 amide bonds. The van der Waals surface area contributed by atoms with E-state index in [9.17, 15) is 4.79 Å². The molecule has 0 saturated heterocycles. The third-order valence-electron chi connectivity index (χ3n) is 2.49. The van der Waals surface area contributed by atoms with Crippen LogP contribution in [0.15, 0.2) is 24.3 Å². The lowest BCUT2D eigenvalue weighted by Crippen LogP contribution is -2.41. The summed E-state index contributed by atoms with van der Waals surface area (Å²) in [4.78, 5) is 11.3. The molecule has 0 bridgehead atoms. The minimum Gasteiger partial charge on any atom is -0.358 e. The highest BCUT2D eigenvalue weighted by Crippen LogP contribution is 2.17. The Bertz CT molecular complexity index is 368. The number of halogens is 1. The van der Waals surface area contributed by atoms with Crippen LogP contribution in [0, 0.1) is 0 Å². The van der Waals surface area contributed by atoms with E-state index < -0.39 is 0 Å². The molecular weight excluding hydrogens is 224 g/mol. The number of carbonyl (C=O) groups excluding carboxylic acids is 1. The van der Waals surface area contributed by atoms with E-state index in [1.807, 2.05) is 38.1 Å². The molecule has 2 atom stereocenters. The SMILES string of the molecule is CNC(=O)[C@H](C)N[C@@H](C)c1cccc(Cl)c1. The first-order chi connectivity index (χ1) is 7.54. The minimum absolute atomic E-state index is 0.0196. The summed E-state index contributed by atoms with van der Waals surface area (Å²) < 4.78 is 0. The largest absolute Gasteiger partial charge is 0.358 e. The minimum atomic E-state index is -0.223. The molecule has 16 heavy (non-hydrogen) atoms. The van der Waals surface area contributed by atoms with Gasteiger partial charge in [0.15, 0.2) is 0 Å². The van der Waals surface area contributed by atoms with Gasteiger partial charge in [-0.25, -0.2) is 0 Å². The van der Waals surface area contributed by atoms with Crippen LogP contribution in [-0.4, -0.2) is 19.0 Å². The van der Waals surface area contributed by atoms with Crippen molar-refractivity contribution in [3.8, 4) is 0 Å². The third kappa shape index (κ3) is 3.51. The first kappa shape index (κ1) is 13.0. The van der Waals surface area contributed by atoms with Crippen LogP contribution < -0.4 is 10.6 Å². The molecule has 2 N–H and O–H groups in total. The van der Waals surface area contributed by atoms with Crippen molar-refractivity contribution < 1.29 is 4.79 Å². The summed E-state index contributed by atoms with van der Waals surface area (Å²) in [6.45, 7) is 3.84. The molecule has 0 heterocycles. The normalized spacial score (nSPS) is 14.2. The van der Waals surface area contributed by atoms with Crippen LogP contribution >= 0.6 is 11.6 Å². The first-order valence-corrected chi connectivity index (χ1v) is 5.65. The maximum Gasteiger partial charge on any atom is 0.236 e. The van der Waals surface area contributed by atoms with E-state index in [0.717, 1.165) is 5.56 Å². The second kappa shape index (κ2) is 5.87. The Morgan fingerprint density at radius 2 is 2.06 bits per heavy atom. The third-order valence-corrected chi connectivity index (χ3v) is 2.72. The van der Waals surface area contributed by atoms with Crippen molar-refractivity contribution in [3.63, 3.8) is 0 Å². The summed E-state index contributed by atoms with van der Waals surface area (Å²) >= 11 is 5.91. The van der Waals surface area contributed by atoms with E-state index in [4.69, 9.17) is 11.6 Å². The van der Waals surface area contributed by atoms with Gasteiger partial charge in [-0.3, -0.25) is 10.1 Å². The van der Waals surface area contributed by atoms with Crippen molar-refractivity contribution in [3.05, 3.63) is 34.9 Å². The van der Waals surface area contributed by atoms with Crippen molar-refractivity contribution >= 4 is 17.5 Å². The molecule has 0 aliphatic heterocycles. The van der Waals surface area contributed by atoms with Crippen LogP contribution in [0.5, 0.6) is 0 Å². The van der Waals surface area contributed by atoms with E-state index in [0.29, 0.717) is 5.02 Å². The van der Waals surface area contributed by atoms with E-state index in [2.05, 4.69) is 10.6 Å². The number of likely N-dealkylation sites (N-methyl/N-ethyl adjacent to an activating group) is 1. The van der Waals surface area contributed by atoms with E-state index in [-0.39, 0.29) is 18.0 Å². The van der Waals surface area contributed by atoms with E-state index in [1.54, 1.807) is 7.05 Å². The molecule has 0 radical (unpaired) electrons. The summed E-state index contributed by atoms with van der Waals surface area (Å²) in [6.07, 6.45) is 0. The van der Waals surface area contributed by atoms with Crippen molar-refractivity contribution in [2.24, 2.45) is 0 Å². The van der Waals surface area contributed by atoms with Crippen molar-refractivity contribution in [2.45, 2.75) is 25.9 Å². The fourth-order valence-corrected chi connectivity index (χ4v) is 1.74. The summed E-state index contributed by atoms with van der Waals surface area (Å²) in [5.74, 6) is -0.0196. The Balaban J connectivity index is 2.65. The number of nitrogens with one attached hydrogen (secondary N) is 2. The average Bonchev–Trinajstić information content (AvgIpc) is 2.27. The van der Waals surface area contributed by atoms with Crippen LogP contribution in [0.1, 0.15) is 25.5 Å². The Hall–Kier alpha value is -1.06. The molecule has 0 aliphatic rings. The lowest BCUT2D eigenvalue weighted by atomic mass is 10.1. The molecule has 0 fully saturated rings. The highest BCUT2D eigenvalue weighted by molar-refractivity contribution is 6.30. The van der Waals surface area contributed by atoms with Gasteiger partial charge in [-0.05, 0) is 31.5 Å². The molecule has 0 saturated carbocycles. The van der Waals surface area contributed by atoms with Gasteiger partial charge in [-0.1, -0.05) is 23.7 Å². The number of hydrogen-bond acceptors (Lipinski definition) is 2. The van der Waals surface area contributed by atoms with Crippen LogP contribution in [-0.2, 0) is 4.79 Å². The molecule has 0 unspecified atom stereocenters. The van der Waals surface area contributed by atoms with E-state index >= 15 is 0 Å². The Kier molecular flexibility index (Phi) is 4.77. The van der Waals surface area contributed by atoms with Gasteiger partial charge in [-0.15, -0.1) is 0 Å². The van der Waals surface area contributed by atoms with Gasteiger partial charge in [0.2, 0.25) is 5.91 Å². The number of hydrogen-bond donors (Lipinski definition) is 2. The average molecular weight is 241 g/mol. The standard InChI is InChI=1S/C12H17ClN2O/c1-8(15-9(2)12(16)14-3)10-5-4-6-11(13)7-10/h4-9,15H,1-3H3,(H,14,16)/t8-,9-/m0/s1. The van der Waals surface area contributed by atoms with Crippen molar-refractivity contribution in [1.82, 2.24) is 10.6 Å². The summed E-state index contributed by atoms with van der Waals surface area (Å²) in [5.41, 5.74) is 1.07. The lowest BCUT2D eigenvalue weighted by molar-refractivity contribution is -0.122. The Labute approximate surface area is 101 Å². The maximum atomic E-state index is 11.3. The van der Waals surface area contributed by atoms with Gasteiger partial charge in [0.25, 0.3) is 0 Å². The summed E-state index contributed by atoms with van der Waals surface area (Å²) in [7, 11) is 1.63. The van der Waals surface area contributed by atoms with Crippen LogP contribution in [0.2, 0.25) is 5.02 Å². The topological polar surface area (TPSA) is 41.1 Å². The Morgan fingerprint density at radius 1 is 1.38 bits per heavy atom. The molecular formula is C12H17ClN2O. The summed E-state index contributed by atoms with van der Waals surface area (Å²) in [6, 6.07) is 7.49. The summed E-state index contributed by atoms with van der Waals surface area (Å²) in [5, 5.41) is 6.52. The van der Waals surface area contributed by atoms with E-state index in [1.165, 1.54) is 0 Å². The Morgan fingerprint density at radius 3 is 2.62 bits per heavy atom. The van der Waals surface area contributed by atoms with Crippen LogP contribution in [0.3, 0.4) is 0 Å². The van der Waals surface area contributed by atoms with Gasteiger partial charge in [0, 0.05) is 18.1 Å². The zero-order valence-corrected chi connectivity index (χ0v) is 10.5. The fraction of sp³-hybridized carbons (Fsp3) is 0.417. The smallest absolute Gasteiger partial charge is 0.236 e. The van der Waals surface area contributed by atoms with Gasteiger partial charge < -0.3 is 5.32 Å². The van der Waals surface area contributed by atoms with Crippen LogP contribution in [0.4, 0.5) is 0 Å². The van der Waals surface area contributed by atoms with Crippen LogP contribution in [0.25, 0.3) is 0 Å². The molecule has 4 heteroatoms. The van der Waals surface area contributed by atoms with Crippen molar-refractivity contribution in [1.29, 1.82) is 0 Å². The fourth-order valence-electron chi connectivity index (χ4n) is 1.54. The second-order valence-corrected chi connectivity index (χ2v) is 4.22. The quantitative estimate of drug-likeness (QED) is 0.847. The highest BCUT2D eigenvalue weighted by Gasteiger charge is 2.14. The highest BCUT2D eigenvalue weighted by atomic mass is 35.5. The van der Waals surface area contributed by atoms with Gasteiger partial charge in [0.05, 0.1) is 6.04 Å². The molecule has 1 aromatic carbocycles. The number of amides is 1. The van der Waals surface area contributed by atoms with Gasteiger partial charge in [0.1, 0.15) is 0 Å². The van der Waals surface area contributed by atoms with Gasteiger partial charge in [-0.2, -0.15) is 0 Å². The molecule has 1 aromatic rings. The maximum absolute atomic E-state index is 11.3. The number of rotatable bonds is 4. The van der Waals surface area contributed by atoms with Gasteiger partial charge >= 0.3 is 0 Å². The zero-order valence-electron chi connectivity index (χ0n) is 9.75. The molecule has 3 nitrogen and oxygen atoms in total. The first-order valence-electron chi connectivity index (χ1n) is 5.27.